The van der Waals surface area contributed by atoms with Gasteiger partial charge in [-0.3, -0.25) is 0 Å². The lowest BCUT2D eigenvalue weighted by Gasteiger charge is -2.34. The van der Waals surface area contributed by atoms with Crippen LogP contribution < -0.4 is 0 Å². The van der Waals surface area contributed by atoms with Crippen molar-refractivity contribution in [3.63, 3.8) is 0 Å². The fourth-order valence-corrected chi connectivity index (χ4v) is 2.53. The monoisotopic (exact) mass is 177 g/mol. The highest BCUT2D eigenvalue weighted by Crippen LogP contribution is 2.43. The third-order valence-corrected chi connectivity index (χ3v) is 3.52. The molecule has 1 aliphatic rings. The van der Waals surface area contributed by atoms with Gasteiger partial charge in [-0.05, 0) is 24.3 Å². The molecule has 1 heterocycles. The van der Waals surface area contributed by atoms with Gasteiger partial charge in [0.2, 0.25) is 0 Å². The second kappa shape index (κ2) is 2.91. The van der Waals surface area contributed by atoms with E-state index in [9.17, 15) is 0 Å². The molecule has 0 saturated heterocycles. The Labute approximate surface area is 76.6 Å². The van der Waals surface area contributed by atoms with E-state index in [1.807, 2.05) is 0 Å². The third kappa shape index (κ3) is 1.25. The third-order valence-electron chi connectivity index (χ3n) is 2.64. The van der Waals surface area contributed by atoms with Crippen LogP contribution in [0.15, 0.2) is 17.5 Å². The van der Waals surface area contributed by atoms with Crippen LogP contribution in [0, 0.1) is 16.7 Å². The van der Waals surface area contributed by atoms with E-state index in [1.165, 1.54) is 11.3 Å². The molecule has 1 aromatic rings. The van der Waals surface area contributed by atoms with E-state index >= 15 is 0 Å². The van der Waals surface area contributed by atoms with Gasteiger partial charge < -0.3 is 0 Å². The zero-order chi connectivity index (χ0) is 8.44. The summed E-state index contributed by atoms with van der Waals surface area (Å²) < 4.78 is 0. The first kappa shape index (κ1) is 7.82. The van der Waals surface area contributed by atoms with E-state index in [1.54, 1.807) is 11.3 Å². The predicted octanol–water partition coefficient (Wildman–Crippen LogP) is 2.98. The number of rotatable bonds is 2. The molecule has 0 amide bonds. The largest absolute Gasteiger partial charge is 0.198 e. The summed E-state index contributed by atoms with van der Waals surface area (Å²) in [6, 6.07) is 6.65. The van der Waals surface area contributed by atoms with Gasteiger partial charge in [0, 0.05) is 11.3 Å². The standard InChI is InChI=1S/C10H11NS/c11-8-10(4-2-5-10)7-9-3-1-6-12-9/h1,3,6H,2,4-5,7H2. The number of hydrogen-bond donors (Lipinski definition) is 0. The minimum absolute atomic E-state index is 0.00481. The maximum atomic E-state index is 8.99. The van der Waals surface area contributed by atoms with E-state index in [0.29, 0.717) is 0 Å². The second-order valence-corrected chi connectivity index (χ2v) is 4.53. The van der Waals surface area contributed by atoms with Crippen molar-refractivity contribution >= 4 is 11.3 Å². The molecule has 1 nitrogen and oxygen atoms in total. The lowest BCUT2D eigenvalue weighted by molar-refractivity contribution is 0.215. The zero-order valence-electron chi connectivity index (χ0n) is 6.92. The molecule has 1 saturated carbocycles. The van der Waals surface area contributed by atoms with Crippen LogP contribution in [0.4, 0.5) is 0 Å². The van der Waals surface area contributed by atoms with Gasteiger partial charge >= 0.3 is 0 Å². The van der Waals surface area contributed by atoms with Crippen LogP contribution >= 0.6 is 11.3 Å². The normalized spacial score (nSPS) is 19.6. The molecule has 0 radical (unpaired) electrons. The fourth-order valence-electron chi connectivity index (χ4n) is 1.68. The van der Waals surface area contributed by atoms with Crippen LogP contribution in [0.1, 0.15) is 24.1 Å². The summed E-state index contributed by atoms with van der Waals surface area (Å²) in [5.74, 6) is 0. The van der Waals surface area contributed by atoms with Crippen molar-refractivity contribution in [1.29, 1.82) is 5.26 Å². The highest BCUT2D eigenvalue weighted by molar-refractivity contribution is 7.09. The molecule has 12 heavy (non-hydrogen) atoms. The first-order valence-electron chi connectivity index (χ1n) is 4.28. The molecular formula is C10H11NS. The highest BCUT2D eigenvalue weighted by atomic mass is 32.1. The Morgan fingerprint density at radius 2 is 2.42 bits per heavy atom. The summed E-state index contributed by atoms with van der Waals surface area (Å²) in [5.41, 5.74) is 0.00481. The molecule has 0 unspecified atom stereocenters. The van der Waals surface area contributed by atoms with E-state index < -0.39 is 0 Å². The molecule has 0 atom stereocenters. The molecule has 1 aliphatic carbocycles. The molecule has 0 bridgehead atoms. The minimum atomic E-state index is 0.00481. The average Bonchev–Trinajstić information content (AvgIpc) is 2.49. The predicted molar refractivity (Wildman–Crippen MR) is 49.9 cm³/mol. The Bertz CT molecular complexity index is 290. The Hall–Kier alpha value is -0.810. The summed E-state index contributed by atoms with van der Waals surface area (Å²) in [7, 11) is 0. The Morgan fingerprint density at radius 1 is 1.58 bits per heavy atom. The smallest absolute Gasteiger partial charge is 0.0693 e. The van der Waals surface area contributed by atoms with Gasteiger partial charge in [0.15, 0.2) is 0 Å². The summed E-state index contributed by atoms with van der Waals surface area (Å²) in [6.07, 6.45) is 4.41. The highest BCUT2D eigenvalue weighted by Gasteiger charge is 2.37. The van der Waals surface area contributed by atoms with Crippen molar-refractivity contribution < 1.29 is 0 Å². The molecule has 62 valence electrons. The number of hydrogen-bond acceptors (Lipinski definition) is 2. The molecule has 2 heteroatoms. The molecule has 0 aromatic carbocycles. The van der Waals surface area contributed by atoms with Crippen LogP contribution in [-0.4, -0.2) is 0 Å². The van der Waals surface area contributed by atoms with Crippen molar-refractivity contribution in [3.8, 4) is 6.07 Å². The molecule has 1 fully saturated rings. The molecule has 1 aromatic heterocycles. The number of thiophene rings is 1. The van der Waals surface area contributed by atoms with Gasteiger partial charge in [-0.2, -0.15) is 5.26 Å². The molecule has 0 aliphatic heterocycles. The van der Waals surface area contributed by atoms with Crippen molar-refractivity contribution in [2.24, 2.45) is 5.41 Å². The fraction of sp³-hybridized carbons (Fsp3) is 0.500. The first-order chi connectivity index (χ1) is 5.85. The zero-order valence-corrected chi connectivity index (χ0v) is 7.73. The van der Waals surface area contributed by atoms with Crippen molar-refractivity contribution in [1.82, 2.24) is 0 Å². The Balaban J connectivity index is 2.08. The van der Waals surface area contributed by atoms with Crippen molar-refractivity contribution in [2.75, 3.05) is 0 Å². The van der Waals surface area contributed by atoms with Gasteiger partial charge in [0.1, 0.15) is 0 Å². The Morgan fingerprint density at radius 3 is 2.83 bits per heavy atom. The summed E-state index contributed by atoms with van der Waals surface area (Å²) in [5, 5.41) is 11.1. The van der Waals surface area contributed by atoms with Gasteiger partial charge in [-0.25, -0.2) is 0 Å². The molecule has 0 spiro atoms. The lowest BCUT2D eigenvalue weighted by Crippen LogP contribution is -2.29. The van der Waals surface area contributed by atoms with Crippen LogP contribution in [-0.2, 0) is 6.42 Å². The van der Waals surface area contributed by atoms with Crippen LogP contribution in [0.25, 0.3) is 0 Å². The minimum Gasteiger partial charge on any atom is -0.198 e. The second-order valence-electron chi connectivity index (χ2n) is 3.50. The summed E-state index contributed by atoms with van der Waals surface area (Å²) in [4.78, 5) is 1.36. The average molecular weight is 177 g/mol. The topological polar surface area (TPSA) is 23.8 Å². The van der Waals surface area contributed by atoms with Gasteiger partial charge in [-0.15, -0.1) is 11.3 Å². The van der Waals surface area contributed by atoms with Crippen LogP contribution in [0.3, 0.4) is 0 Å². The molecular weight excluding hydrogens is 166 g/mol. The van der Waals surface area contributed by atoms with Gasteiger partial charge in [-0.1, -0.05) is 12.5 Å². The summed E-state index contributed by atoms with van der Waals surface area (Å²) >= 11 is 1.76. The van der Waals surface area contributed by atoms with Crippen LogP contribution in [0.2, 0.25) is 0 Å². The van der Waals surface area contributed by atoms with Gasteiger partial charge in [0.25, 0.3) is 0 Å². The van der Waals surface area contributed by atoms with E-state index in [2.05, 4.69) is 23.6 Å². The van der Waals surface area contributed by atoms with Gasteiger partial charge in [0.05, 0.1) is 11.5 Å². The van der Waals surface area contributed by atoms with E-state index in [0.717, 1.165) is 19.3 Å². The van der Waals surface area contributed by atoms with Crippen molar-refractivity contribution in [2.45, 2.75) is 25.7 Å². The van der Waals surface area contributed by atoms with Crippen LogP contribution in [0.5, 0.6) is 0 Å². The molecule has 0 N–H and O–H groups in total. The first-order valence-corrected chi connectivity index (χ1v) is 5.16. The number of nitriles is 1. The SMILES string of the molecule is N#CC1(Cc2cccs2)CCC1. The molecule has 2 rings (SSSR count). The van der Waals surface area contributed by atoms with E-state index in [-0.39, 0.29) is 5.41 Å². The Kier molecular flexibility index (Phi) is 1.90. The maximum Gasteiger partial charge on any atom is 0.0693 e. The quantitative estimate of drug-likeness (QED) is 0.681. The lowest BCUT2D eigenvalue weighted by atomic mass is 9.67. The summed E-state index contributed by atoms with van der Waals surface area (Å²) in [6.45, 7) is 0. The maximum absolute atomic E-state index is 8.99. The van der Waals surface area contributed by atoms with Crippen molar-refractivity contribution in [3.05, 3.63) is 22.4 Å². The number of nitrogens with zero attached hydrogens (tertiary/aromatic N) is 1. The van der Waals surface area contributed by atoms with E-state index in [4.69, 9.17) is 5.26 Å².